The van der Waals surface area contributed by atoms with Crippen molar-refractivity contribution >= 4 is 0 Å². The minimum absolute atomic E-state index is 0.449. The third-order valence-corrected chi connectivity index (χ3v) is 2.12. The number of hydrogen-bond acceptors (Lipinski definition) is 3. The lowest BCUT2D eigenvalue weighted by Gasteiger charge is -2.14. The molecule has 1 heterocycles. The highest BCUT2D eigenvalue weighted by Gasteiger charge is 2.12. The molecule has 1 aromatic rings. The van der Waals surface area contributed by atoms with Gasteiger partial charge in [0.05, 0.1) is 6.20 Å². The maximum absolute atomic E-state index is 5.27. The molecule has 74 valence electrons. The van der Waals surface area contributed by atoms with Gasteiger partial charge in [0.2, 0.25) is 0 Å². The van der Waals surface area contributed by atoms with E-state index in [0.29, 0.717) is 12.0 Å². The fourth-order valence-corrected chi connectivity index (χ4v) is 1.25. The lowest BCUT2D eigenvalue weighted by Crippen LogP contribution is -2.27. The van der Waals surface area contributed by atoms with Gasteiger partial charge in [-0.25, -0.2) is 4.98 Å². The van der Waals surface area contributed by atoms with Crippen molar-refractivity contribution < 1.29 is 4.42 Å². The van der Waals surface area contributed by atoms with Gasteiger partial charge in [-0.3, -0.25) is 0 Å². The van der Waals surface area contributed by atoms with Crippen molar-refractivity contribution in [2.45, 2.75) is 39.2 Å². The summed E-state index contributed by atoms with van der Waals surface area (Å²) in [7, 11) is 0. The van der Waals surface area contributed by atoms with Gasteiger partial charge in [0.15, 0.2) is 6.39 Å². The van der Waals surface area contributed by atoms with Crippen LogP contribution in [0.3, 0.4) is 0 Å². The highest BCUT2D eigenvalue weighted by Crippen LogP contribution is 2.17. The summed E-state index contributed by atoms with van der Waals surface area (Å²) in [5, 5.41) is 3.40. The van der Waals surface area contributed by atoms with Crippen LogP contribution < -0.4 is 5.32 Å². The number of nitrogens with one attached hydrogen (secondary N) is 1. The van der Waals surface area contributed by atoms with Gasteiger partial charge < -0.3 is 9.73 Å². The minimum Gasteiger partial charge on any atom is -0.448 e. The molecule has 3 heteroatoms. The Balaban J connectivity index is 2.44. The minimum atomic E-state index is 0.449. The molecular formula is C10H18N2O. The Morgan fingerprint density at radius 3 is 2.77 bits per heavy atom. The first kappa shape index (κ1) is 10.3. The SMILES string of the molecule is CCC(CNC(C)C)c1cnco1. The Bertz CT molecular complexity index is 219. The summed E-state index contributed by atoms with van der Waals surface area (Å²) < 4.78 is 5.27. The number of oxazole rings is 1. The first-order valence-corrected chi connectivity index (χ1v) is 4.85. The van der Waals surface area contributed by atoms with Gasteiger partial charge >= 0.3 is 0 Å². The molecule has 0 bridgehead atoms. The molecule has 0 amide bonds. The summed E-state index contributed by atoms with van der Waals surface area (Å²) >= 11 is 0. The molecule has 0 radical (unpaired) electrons. The fraction of sp³-hybridized carbons (Fsp3) is 0.700. The molecule has 0 aliphatic carbocycles. The first-order chi connectivity index (χ1) is 6.24. The largest absolute Gasteiger partial charge is 0.448 e. The van der Waals surface area contributed by atoms with Crippen molar-refractivity contribution in [3.8, 4) is 0 Å². The second-order valence-electron chi connectivity index (χ2n) is 3.57. The summed E-state index contributed by atoms with van der Waals surface area (Å²) in [4.78, 5) is 3.92. The lowest BCUT2D eigenvalue weighted by molar-refractivity contribution is 0.424. The van der Waals surface area contributed by atoms with Crippen LogP contribution in [0.25, 0.3) is 0 Å². The standard InChI is InChI=1S/C10H18N2O/c1-4-9(5-12-8(2)3)10-6-11-7-13-10/h6-9,12H,4-5H2,1-3H3. The van der Waals surface area contributed by atoms with Crippen LogP contribution in [0.1, 0.15) is 38.9 Å². The molecule has 0 aromatic carbocycles. The molecule has 1 rings (SSSR count). The molecule has 3 nitrogen and oxygen atoms in total. The van der Waals surface area contributed by atoms with Crippen LogP contribution in [-0.2, 0) is 0 Å². The Labute approximate surface area is 79.5 Å². The summed E-state index contributed by atoms with van der Waals surface area (Å²) in [5.74, 6) is 1.43. The molecule has 1 aromatic heterocycles. The van der Waals surface area contributed by atoms with Crippen LogP contribution in [0.5, 0.6) is 0 Å². The number of nitrogens with zero attached hydrogens (tertiary/aromatic N) is 1. The molecule has 1 atom stereocenters. The normalized spacial score (nSPS) is 13.5. The molecule has 0 saturated heterocycles. The zero-order valence-electron chi connectivity index (χ0n) is 8.58. The highest BCUT2D eigenvalue weighted by atomic mass is 16.3. The molecule has 1 unspecified atom stereocenters. The van der Waals surface area contributed by atoms with Crippen molar-refractivity contribution in [2.75, 3.05) is 6.54 Å². The molecule has 13 heavy (non-hydrogen) atoms. The molecular weight excluding hydrogens is 164 g/mol. The van der Waals surface area contributed by atoms with E-state index in [-0.39, 0.29) is 0 Å². The fourth-order valence-electron chi connectivity index (χ4n) is 1.25. The quantitative estimate of drug-likeness (QED) is 0.758. The Morgan fingerprint density at radius 1 is 1.54 bits per heavy atom. The molecule has 0 saturated carbocycles. The summed E-state index contributed by atoms with van der Waals surface area (Å²) in [5.41, 5.74) is 0. The van der Waals surface area contributed by atoms with Crippen molar-refractivity contribution in [3.63, 3.8) is 0 Å². The van der Waals surface area contributed by atoms with Gasteiger partial charge in [0.1, 0.15) is 5.76 Å². The van der Waals surface area contributed by atoms with E-state index < -0.39 is 0 Å². The van der Waals surface area contributed by atoms with Crippen LogP contribution in [0, 0.1) is 0 Å². The average molecular weight is 182 g/mol. The van der Waals surface area contributed by atoms with E-state index in [9.17, 15) is 0 Å². The van der Waals surface area contributed by atoms with Gasteiger partial charge in [-0.1, -0.05) is 20.8 Å². The average Bonchev–Trinajstić information content (AvgIpc) is 2.58. The molecule has 0 fully saturated rings. The van der Waals surface area contributed by atoms with Gasteiger partial charge in [-0.2, -0.15) is 0 Å². The van der Waals surface area contributed by atoms with E-state index in [2.05, 4.69) is 31.1 Å². The number of hydrogen-bond donors (Lipinski definition) is 1. The van der Waals surface area contributed by atoms with Gasteiger partial charge in [-0.15, -0.1) is 0 Å². The maximum atomic E-state index is 5.27. The van der Waals surface area contributed by atoms with Crippen LogP contribution in [0.15, 0.2) is 17.0 Å². The molecule has 0 aliphatic rings. The second-order valence-corrected chi connectivity index (χ2v) is 3.57. The van der Waals surface area contributed by atoms with E-state index in [1.54, 1.807) is 6.20 Å². The third-order valence-electron chi connectivity index (χ3n) is 2.12. The van der Waals surface area contributed by atoms with Crippen LogP contribution in [-0.4, -0.2) is 17.6 Å². The third kappa shape index (κ3) is 3.19. The van der Waals surface area contributed by atoms with E-state index >= 15 is 0 Å². The first-order valence-electron chi connectivity index (χ1n) is 4.85. The highest BCUT2D eigenvalue weighted by molar-refractivity contribution is 4.99. The Hall–Kier alpha value is -0.830. The summed E-state index contributed by atoms with van der Waals surface area (Å²) in [6, 6.07) is 0.525. The summed E-state index contributed by atoms with van der Waals surface area (Å²) in [6.45, 7) is 7.42. The van der Waals surface area contributed by atoms with Crippen molar-refractivity contribution in [1.82, 2.24) is 10.3 Å². The van der Waals surface area contributed by atoms with Crippen molar-refractivity contribution in [1.29, 1.82) is 0 Å². The van der Waals surface area contributed by atoms with Gasteiger partial charge in [0, 0.05) is 18.5 Å². The molecule has 0 spiro atoms. The van der Waals surface area contributed by atoms with Crippen LogP contribution in [0.4, 0.5) is 0 Å². The number of aromatic nitrogens is 1. The Morgan fingerprint density at radius 2 is 2.31 bits per heavy atom. The van der Waals surface area contributed by atoms with Crippen LogP contribution >= 0.6 is 0 Å². The lowest BCUT2D eigenvalue weighted by atomic mass is 10.0. The van der Waals surface area contributed by atoms with Crippen molar-refractivity contribution in [3.05, 3.63) is 18.4 Å². The Kier molecular flexibility index (Phi) is 3.96. The maximum Gasteiger partial charge on any atom is 0.180 e. The predicted octanol–water partition coefficient (Wildman–Crippen LogP) is 2.17. The smallest absolute Gasteiger partial charge is 0.180 e. The second kappa shape index (κ2) is 5.02. The van der Waals surface area contributed by atoms with Crippen molar-refractivity contribution in [2.24, 2.45) is 0 Å². The van der Waals surface area contributed by atoms with E-state index in [1.807, 2.05) is 0 Å². The van der Waals surface area contributed by atoms with Gasteiger partial charge in [0.25, 0.3) is 0 Å². The van der Waals surface area contributed by atoms with E-state index in [0.717, 1.165) is 18.7 Å². The predicted molar refractivity (Wildman–Crippen MR) is 52.7 cm³/mol. The molecule has 0 aliphatic heterocycles. The monoisotopic (exact) mass is 182 g/mol. The van der Waals surface area contributed by atoms with Gasteiger partial charge in [-0.05, 0) is 6.42 Å². The zero-order valence-corrected chi connectivity index (χ0v) is 8.58. The molecule has 1 N–H and O–H groups in total. The topological polar surface area (TPSA) is 38.1 Å². The summed E-state index contributed by atoms with van der Waals surface area (Å²) in [6.07, 6.45) is 4.37. The number of rotatable bonds is 5. The van der Waals surface area contributed by atoms with E-state index in [4.69, 9.17) is 4.42 Å². The van der Waals surface area contributed by atoms with Crippen LogP contribution in [0.2, 0.25) is 0 Å². The zero-order chi connectivity index (χ0) is 9.68. The van der Waals surface area contributed by atoms with E-state index in [1.165, 1.54) is 6.39 Å².